The van der Waals surface area contributed by atoms with E-state index in [-0.39, 0.29) is 0 Å². The van der Waals surface area contributed by atoms with Crippen LogP contribution in [0.4, 0.5) is 0 Å². The van der Waals surface area contributed by atoms with Crippen molar-refractivity contribution in [3.8, 4) is 0 Å². The van der Waals surface area contributed by atoms with Gasteiger partial charge in [0, 0.05) is 38.8 Å². The zero-order valence-electron chi connectivity index (χ0n) is 11.5. The minimum absolute atomic E-state index is 0.330. The molecule has 0 aromatic heterocycles. The van der Waals surface area contributed by atoms with Crippen LogP contribution in [0.25, 0.3) is 0 Å². The predicted octanol–water partition coefficient (Wildman–Crippen LogP) is 1.73. The molecular formula is C13H28N2O. The lowest BCUT2D eigenvalue weighted by molar-refractivity contribution is 0.0279. The molecule has 1 heterocycles. The molecule has 1 N–H and O–H groups in total. The normalized spacial score (nSPS) is 29.6. The van der Waals surface area contributed by atoms with Crippen molar-refractivity contribution in [1.29, 1.82) is 0 Å². The fourth-order valence-corrected chi connectivity index (χ4v) is 2.45. The SMILES string of the molecule is CCC1CN(CC(C)OC)C(C(C)C)CN1. The summed E-state index contributed by atoms with van der Waals surface area (Å²) in [5, 5.41) is 3.64. The van der Waals surface area contributed by atoms with Crippen molar-refractivity contribution >= 4 is 0 Å². The lowest BCUT2D eigenvalue weighted by Gasteiger charge is -2.43. The van der Waals surface area contributed by atoms with Gasteiger partial charge in [-0.3, -0.25) is 4.90 Å². The molecule has 3 heteroatoms. The number of nitrogens with zero attached hydrogens (tertiary/aromatic N) is 1. The van der Waals surface area contributed by atoms with Gasteiger partial charge in [0.1, 0.15) is 0 Å². The first-order chi connectivity index (χ1) is 7.58. The zero-order valence-corrected chi connectivity index (χ0v) is 11.5. The summed E-state index contributed by atoms with van der Waals surface area (Å²) in [5.41, 5.74) is 0. The average molecular weight is 228 g/mol. The number of rotatable bonds is 5. The van der Waals surface area contributed by atoms with Gasteiger partial charge in [0.05, 0.1) is 6.10 Å². The van der Waals surface area contributed by atoms with Gasteiger partial charge in [-0.15, -0.1) is 0 Å². The molecule has 0 aromatic rings. The minimum Gasteiger partial charge on any atom is -0.380 e. The molecule has 1 fully saturated rings. The third-order valence-corrected chi connectivity index (χ3v) is 3.70. The molecule has 0 saturated carbocycles. The van der Waals surface area contributed by atoms with Crippen LogP contribution in [-0.2, 0) is 4.74 Å². The highest BCUT2D eigenvalue weighted by Crippen LogP contribution is 2.17. The molecule has 0 amide bonds. The first-order valence-electron chi connectivity index (χ1n) is 6.58. The van der Waals surface area contributed by atoms with Crippen molar-refractivity contribution in [2.75, 3.05) is 26.7 Å². The van der Waals surface area contributed by atoms with E-state index in [1.165, 1.54) is 6.42 Å². The van der Waals surface area contributed by atoms with E-state index in [0.29, 0.717) is 24.1 Å². The summed E-state index contributed by atoms with van der Waals surface area (Å²) in [4.78, 5) is 2.60. The van der Waals surface area contributed by atoms with E-state index in [1.807, 2.05) is 0 Å². The van der Waals surface area contributed by atoms with Crippen molar-refractivity contribution in [1.82, 2.24) is 10.2 Å². The average Bonchev–Trinajstić information content (AvgIpc) is 2.28. The van der Waals surface area contributed by atoms with Gasteiger partial charge in [-0.1, -0.05) is 20.8 Å². The standard InChI is InChI=1S/C13H28N2O/c1-6-12-9-15(8-11(4)16-5)13(7-14-12)10(2)3/h10-14H,6-9H2,1-5H3. The molecule has 0 bridgehead atoms. The topological polar surface area (TPSA) is 24.5 Å². The van der Waals surface area contributed by atoms with Crippen LogP contribution in [0.2, 0.25) is 0 Å². The highest BCUT2D eigenvalue weighted by atomic mass is 16.5. The molecule has 0 aromatic carbocycles. The Labute approximate surface area is 101 Å². The van der Waals surface area contributed by atoms with E-state index in [0.717, 1.165) is 19.6 Å². The molecule has 1 aliphatic rings. The van der Waals surface area contributed by atoms with E-state index in [2.05, 4.69) is 37.9 Å². The van der Waals surface area contributed by atoms with Crippen LogP contribution in [0.5, 0.6) is 0 Å². The first-order valence-corrected chi connectivity index (χ1v) is 6.58. The fourth-order valence-electron chi connectivity index (χ4n) is 2.45. The highest BCUT2D eigenvalue weighted by molar-refractivity contribution is 4.87. The van der Waals surface area contributed by atoms with Crippen LogP contribution in [-0.4, -0.2) is 49.8 Å². The second kappa shape index (κ2) is 6.58. The first kappa shape index (κ1) is 13.9. The number of nitrogens with one attached hydrogen (secondary N) is 1. The lowest BCUT2D eigenvalue weighted by Crippen LogP contribution is -2.59. The molecule has 3 unspecified atom stereocenters. The van der Waals surface area contributed by atoms with Crippen molar-refractivity contribution in [2.45, 2.75) is 52.3 Å². The highest BCUT2D eigenvalue weighted by Gasteiger charge is 2.29. The quantitative estimate of drug-likeness (QED) is 0.775. The summed E-state index contributed by atoms with van der Waals surface area (Å²) >= 11 is 0. The summed E-state index contributed by atoms with van der Waals surface area (Å²) in [6, 6.07) is 1.31. The Hall–Kier alpha value is -0.120. The van der Waals surface area contributed by atoms with Gasteiger partial charge < -0.3 is 10.1 Å². The molecule has 3 nitrogen and oxygen atoms in total. The molecule has 0 spiro atoms. The third-order valence-electron chi connectivity index (χ3n) is 3.70. The summed E-state index contributed by atoms with van der Waals surface area (Å²) < 4.78 is 5.39. The molecular weight excluding hydrogens is 200 g/mol. The molecule has 96 valence electrons. The van der Waals surface area contributed by atoms with Gasteiger partial charge >= 0.3 is 0 Å². The number of hydrogen-bond donors (Lipinski definition) is 1. The number of hydrogen-bond acceptors (Lipinski definition) is 3. The molecule has 1 rings (SSSR count). The summed E-state index contributed by atoms with van der Waals surface area (Å²) in [6.07, 6.45) is 1.54. The predicted molar refractivity (Wildman–Crippen MR) is 68.8 cm³/mol. The van der Waals surface area contributed by atoms with E-state index in [4.69, 9.17) is 4.74 Å². The minimum atomic E-state index is 0.330. The van der Waals surface area contributed by atoms with E-state index in [1.54, 1.807) is 7.11 Å². The molecule has 0 aliphatic carbocycles. The van der Waals surface area contributed by atoms with Crippen LogP contribution < -0.4 is 5.32 Å². The third kappa shape index (κ3) is 3.72. The van der Waals surface area contributed by atoms with Crippen molar-refractivity contribution < 1.29 is 4.74 Å². The fraction of sp³-hybridized carbons (Fsp3) is 1.00. The molecule has 1 saturated heterocycles. The zero-order chi connectivity index (χ0) is 12.1. The maximum Gasteiger partial charge on any atom is 0.0670 e. The van der Waals surface area contributed by atoms with E-state index < -0.39 is 0 Å². The van der Waals surface area contributed by atoms with Gasteiger partial charge in [0.25, 0.3) is 0 Å². The summed E-state index contributed by atoms with van der Waals surface area (Å²) in [5.74, 6) is 0.703. The molecule has 1 aliphatic heterocycles. The van der Waals surface area contributed by atoms with Gasteiger partial charge in [-0.05, 0) is 19.3 Å². The van der Waals surface area contributed by atoms with E-state index in [9.17, 15) is 0 Å². The number of methoxy groups -OCH3 is 1. The van der Waals surface area contributed by atoms with Crippen molar-refractivity contribution in [2.24, 2.45) is 5.92 Å². The van der Waals surface area contributed by atoms with Crippen molar-refractivity contribution in [3.05, 3.63) is 0 Å². The Morgan fingerprint density at radius 2 is 2.06 bits per heavy atom. The van der Waals surface area contributed by atoms with Crippen molar-refractivity contribution in [3.63, 3.8) is 0 Å². The monoisotopic (exact) mass is 228 g/mol. The van der Waals surface area contributed by atoms with Gasteiger partial charge in [-0.25, -0.2) is 0 Å². The van der Waals surface area contributed by atoms with Crippen LogP contribution in [0, 0.1) is 5.92 Å². The lowest BCUT2D eigenvalue weighted by atomic mass is 9.97. The van der Waals surface area contributed by atoms with Gasteiger partial charge in [0.2, 0.25) is 0 Å². The maximum atomic E-state index is 5.39. The van der Waals surface area contributed by atoms with Gasteiger partial charge in [0.15, 0.2) is 0 Å². The Balaban J connectivity index is 2.56. The molecule has 16 heavy (non-hydrogen) atoms. The second-order valence-electron chi connectivity index (χ2n) is 5.33. The Bertz CT molecular complexity index is 194. The Morgan fingerprint density at radius 3 is 2.56 bits per heavy atom. The smallest absolute Gasteiger partial charge is 0.0670 e. The number of ether oxygens (including phenoxy) is 1. The summed E-state index contributed by atoms with van der Waals surface area (Å²) in [6.45, 7) is 12.4. The summed E-state index contributed by atoms with van der Waals surface area (Å²) in [7, 11) is 1.80. The van der Waals surface area contributed by atoms with E-state index >= 15 is 0 Å². The molecule has 0 radical (unpaired) electrons. The van der Waals surface area contributed by atoms with Crippen LogP contribution in [0.3, 0.4) is 0 Å². The van der Waals surface area contributed by atoms with Crippen LogP contribution in [0.15, 0.2) is 0 Å². The maximum absolute atomic E-state index is 5.39. The Kier molecular flexibility index (Phi) is 5.73. The van der Waals surface area contributed by atoms with Crippen LogP contribution >= 0.6 is 0 Å². The largest absolute Gasteiger partial charge is 0.380 e. The molecule has 3 atom stereocenters. The Morgan fingerprint density at radius 1 is 1.38 bits per heavy atom. The van der Waals surface area contributed by atoms with Gasteiger partial charge in [-0.2, -0.15) is 0 Å². The van der Waals surface area contributed by atoms with Crippen LogP contribution in [0.1, 0.15) is 34.1 Å². The second-order valence-corrected chi connectivity index (χ2v) is 5.33. The number of piperazine rings is 1.